The molecule has 0 aromatic rings. The largest absolute Gasteiger partial charge is 0.392 e. The minimum atomic E-state index is -0.666. The Labute approximate surface area is 116 Å². The Hall–Kier alpha value is -0.640. The number of carbonyl (C=O) groups is 1. The summed E-state index contributed by atoms with van der Waals surface area (Å²) >= 11 is 5.11. The van der Waals surface area contributed by atoms with Crippen LogP contribution in [0.4, 0.5) is 0 Å². The van der Waals surface area contributed by atoms with Crippen molar-refractivity contribution in [2.75, 3.05) is 0 Å². The van der Waals surface area contributed by atoms with E-state index in [1.54, 1.807) is 0 Å². The van der Waals surface area contributed by atoms with E-state index in [4.69, 9.17) is 18.0 Å². The second-order valence-corrected chi connectivity index (χ2v) is 6.09. The van der Waals surface area contributed by atoms with Crippen molar-refractivity contribution in [2.45, 2.75) is 59.4 Å². The number of hydrogen-bond donors (Lipinski definition) is 2. The molecular weight excluding hydrogens is 244 g/mol. The predicted octanol–water partition coefficient (Wildman–Crippen LogP) is 2.63. The van der Waals surface area contributed by atoms with Crippen molar-refractivity contribution in [3.05, 3.63) is 0 Å². The van der Waals surface area contributed by atoms with Gasteiger partial charge in [-0.25, -0.2) is 0 Å². The predicted molar refractivity (Wildman–Crippen MR) is 79.3 cm³/mol. The van der Waals surface area contributed by atoms with Gasteiger partial charge in [0.2, 0.25) is 5.91 Å². The van der Waals surface area contributed by atoms with Crippen LogP contribution in [0, 0.1) is 17.3 Å². The zero-order valence-corrected chi connectivity index (χ0v) is 12.8. The molecule has 0 spiro atoms. The van der Waals surface area contributed by atoms with Gasteiger partial charge in [-0.15, -0.1) is 0 Å². The summed E-state index contributed by atoms with van der Waals surface area (Å²) in [5, 5.41) is 3.18. The summed E-state index contributed by atoms with van der Waals surface area (Å²) in [6.45, 7) is 8.41. The summed E-state index contributed by atoms with van der Waals surface area (Å²) < 4.78 is 0. The van der Waals surface area contributed by atoms with Crippen LogP contribution in [0.15, 0.2) is 0 Å². The Kier molecular flexibility index (Phi) is 5.14. The lowest BCUT2D eigenvalue weighted by Crippen LogP contribution is -2.51. The number of thiocarbonyl (C=S) groups is 1. The third-order valence-corrected chi connectivity index (χ3v) is 5.29. The molecule has 3 nitrogen and oxygen atoms in total. The fourth-order valence-electron chi connectivity index (χ4n) is 2.91. The number of amides is 1. The minimum absolute atomic E-state index is 0.0194. The van der Waals surface area contributed by atoms with Gasteiger partial charge >= 0.3 is 0 Å². The highest BCUT2D eigenvalue weighted by atomic mass is 32.1. The lowest BCUT2D eigenvalue weighted by molar-refractivity contribution is -0.128. The summed E-state index contributed by atoms with van der Waals surface area (Å²) in [5.41, 5.74) is 5.13. The molecule has 1 aliphatic carbocycles. The van der Waals surface area contributed by atoms with E-state index in [9.17, 15) is 4.79 Å². The maximum atomic E-state index is 12.5. The summed E-state index contributed by atoms with van der Waals surface area (Å²) in [7, 11) is 0. The molecule has 104 valence electrons. The van der Waals surface area contributed by atoms with Crippen molar-refractivity contribution in [1.29, 1.82) is 0 Å². The van der Waals surface area contributed by atoms with Crippen LogP contribution in [0.5, 0.6) is 0 Å². The van der Waals surface area contributed by atoms with Crippen molar-refractivity contribution >= 4 is 23.1 Å². The molecule has 1 rings (SSSR count). The third kappa shape index (κ3) is 2.68. The number of rotatable bonds is 5. The molecule has 3 N–H and O–H groups in total. The van der Waals surface area contributed by atoms with E-state index < -0.39 is 5.41 Å². The lowest BCUT2D eigenvalue weighted by Gasteiger charge is -2.31. The Morgan fingerprint density at radius 1 is 1.33 bits per heavy atom. The Morgan fingerprint density at radius 2 is 1.89 bits per heavy atom. The van der Waals surface area contributed by atoms with Crippen molar-refractivity contribution in [3.8, 4) is 0 Å². The molecule has 3 atom stereocenters. The minimum Gasteiger partial charge on any atom is -0.392 e. The highest BCUT2D eigenvalue weighted by molar-refractivity contribution is 7.80. The van der Waals surface area contributed by atoms with Gasteiger partial charge in [-0.2, -0.15) is 0 Å². The van der Waals surface area contributed by atoms with Gasteiger partial charge in [-0.05, 0) is 37.5 Å². The fourth-order valence-corrected chi connectivity index (χ4v) is 3.29. The van der Waals surface area contributed by atoms with E-state index >= 15 is 0 Å². The number of nitrogens with two attached hydrogens (primary N) is 1. The molecule has 1 aliphatic rings. The first-order valence-electron chi connectivity index (χ1n) is 6.99. The van der Waals surface area contributed by atoms with E-state index in [1.165, 1.54) is 6.42 Å². The zero-order valence-electron chi connectivity index (χ0n) is 12.0. The first kappa shape index (κ1) is 15.4. The molecule has 3 unspecified atom stereocenters. The van der Waals surface area contributed by atoms with Crippen LogP contribution in [0.1, 0.15) is 53.4 Å². The Balaban J connectivity index is 2.77. The molecule has 0 aromatic carbocycles. The highest BCUT2D eigenvalue weighted by Crippen LogP contribution is 2.33. The smallest absolute Gasteiger partial charge is 0.233 e. The van der Waals surface area contributed by atoms with Gasteiger partial charge in [0.1, 0.15) is 0 Å². The summed E-state index contributed by atoms with van der Waals surface area (Å²) in [4.78, 5) is 12.8. The summed E-state index contributed by atoms with van der Waals surface area (Å²) in [6.07, 6.45) is 3.59. The SMILES string of the molecule is CCC(CC)(C(=O)NC1CCC(C)C1C)C(N)=S. The van der Waals surface area contributed by atoms with Crippen molar-refractivity contribution in [2.24, 2.45) is 23.0 Å². The van der Waals surface area contributed by atoms with Gasteiger partial charge in [-0.3, -0.25) is 4.79 Å². The zero-order chi connectivity index (χ0) is 13.9. The topological polar surface area (TPSA) is 55.1 Å². The van der Waals surface area contributed by atoms with Gasteiger partial charge in [0, 0.05) is 6.04 Å². The quantitative estimate of drug-likeness (QED) is 0.755. The molecule has 4 heteroatoms. The van der Waals surface area contributed by atoms with E-state index in [0.717, 1.165) is 6.42 Å². The lowest BCUT2D eigenvalue weighted by atomic mass is 9.80. The first-order valence-corrected chi connectivity index (χ1v) is 7.40. The molecule has 1 saturated carbocycles. The van der Waals surface area contributed by atoms with Gasteiger partial charge in [-0.1, -0.05) is 39.9 Å². The van der Waals surface area contributed by atoms with Crippen LogP contribution in [0.2, 0.25) is 0 Å². The molecular formula is C14H26N2OS. The molecule has 18 heavy (non-hydrogen) atoms. The van der Waals surface area contributed by atoms with Crippen molar-refractivity contribution < 1.29 is 4.79 Å². The summed E-state index contributed by atoms with van der Waals surface area (Å²) in [5.74, 6) is 1.23. The average molecular weight is 270 g/mol. The second kappa shape index (κ2) is 6.00. The summed E-state index contributed by atoms with van der Waals surface area (Å²) in [6, 6.07) is 0.277. The van der Waals surface area contributed by atoms with Crippen molar-refractivity contribution in [3.63, 3.8) is 0 Å². The maximum absolute atomic E-state index is 12.5. The van der Waals surface area contributed by atoms with Gasteiger partial charge in [0.15, 0.2) is 0 Å². The van der Waals surface area contributed by atoms with Crippen LogP contribution >= 0.6 is 12.2 Å². The number of carbonyl (C=O) groups excluding carboxylic acids is 1. The van der Waals surface area contributed by atoms with Gasteiger partial charge in [0.25, 0.3) is 0 Å². The number of hydrogen-bond acceptors (Lipinski definition) is 2. The molecule has 0 bridgehead atoms. The van der Waals surface area contributed by atoms with Gasteiger partial charge < -0.3 is 11.1 Å². The van der Waals surface area contributed by atoms with E-state index in [-0.39, 0.29) is 11.9 Å². The van der Waals surface area contributed by atoms with E-state index in [1.807, 2.05) is 13.8 Å². The highest BCUT2D eigenvalue weighted by Gasteiger charge is 2.40. The van der Waals surface area contributed by atoms with Crippen LogP contribution in [0.25, 0.3) is 0 Å². The molecule has 0 aliphatic heterocycles. The van der Waals surface area contributed by atoms with Crippen LogP contribution in [0.3, 0.4) is 0 Å². The van der Waals surface area contributed by atoms with E-state index in [2.05, 4.69) is 19.2 Å². The normalized spacial score (nSPS) is 28.1. The van der Waals surface area contributed by atoms with E-state index in [0.29, 0.717) is 29.7 Å². The third-order valence-electron chi connectivity index (χ3n) is 4.90. The maximum Gasteiger partial charge on any atom is 0.233 e. The molecule has 0 radical (unpaired) electrons. The average Bonchev–Trinajstić information content (AvgIpc) is 2.63. The van der Waals surface area contributed by atoms with Crippen LogP contribution < -0.4 is 11.1 Å². The molecule has 0 heterocycles. The standard InChI is InChI=1S/C14H26N2OS/c1-5-14(6-2,12(15)18)13(17)16-11-8-7-9(3)10(11)4/h9-11H,5-8H2,1-4H3,(H2,15,18)(H,16,17). The Bertz CT molecular complexity index is 326. The fraction of sp³-hybridized carbons (Fsp3) is 0.857. The van der Waals surface area contributed by atoms with Gasteiger partial charge in [0.05, 0.1) is 10.4 Å². The first-order chi connectivity index (χ1) is 8.39. The molecule has 1 fully saturated rings. The van der Waals surface area contributed by atoms with Crippen LogP contribution in [-0.4, -0.2) is 16.9 Å². The molecule has 0 aromatic heterocycles. The molecule has 1 amide bonds. The Morgan fingerprint density at radius 3 is 2.22 bits per heavy atom. The second-order valence-electron chi connectivity index (χ2n) is 5.65. The van der Waals surface area contributed by atoms with Crippen LogP contribution in [-0.2, 0) is 4.79 Å². The number of nitrogens with one attached hydrogen (secondary N) is 1. The van der Waals surface area contributed by atoms with Crippen molar-refractivity contribution in [1.82, 2.24) is 5.32 Å². The monoisotopic (exact) mass is 270 g/mol. The molecule has 0 saturated heterocycles.